The predicted molar refractivity (Wildman–Crippen MR) is 71.6 cm³/mol. The van der Waals surface area contributed by atoms with Gasteiger partial charge in [-0.3, -0.25) is 0 Å². The zero-order valence-corrected chi connectivity index (χ0v) is 10.5. The number of rotatable bonds is 7. The quantitative estimate of drug-likeness (QED) is 0.585. The van der Waals surface area contributed by atoms with Crippen molar-refractivity contribution >= 4 is 17.2 Å². The summed E-state index contributed by atoms with van der Waals surface area (Å²) in [6.45, 7) is 2.74. The van der Waals surface area contributed by atoms with Gasteiger partial charge in [0.1, 0.15) is 11.1 Å². The molecule has 0 heterocycles. The molecule has 1 atom stereocenters. The van der Waals surface area contributed by atoms with E-state index >= 15 is 0 Å². The average Bonchev–Trinajstić information content (AvgIpc) is 2.30. The van der Waals surface area contributed by atoms with Crippen molar-refractivity contribution in [3.8, 4) is 0 Å². The Morgan fingerprint density at radius 2 is 2.06 bits per heavy atom. The molecule has 0 bridgehead atoms. The van der Waals surface area contributed by atoms with Gasteiger partial charge in [0.25, 0.3) is 0 Å². The van der Waals surface area contributed by atoms with Gasteiger partial charge in [-0.05, 0) is 24.8 Å². The minimum atomic E-state index is -0.0641. The molecule has 1 rings (SSSR count). The number of hydrogen-bond acceptors (Lipinski definition) is 2. The third-order valence-electron chi connectivity index (χ3n) is 2.46. The number of nitrogens with two attached hydrogens (primary N) is 1. The van der Waals surface area contributed by atoms with Crippen LogP contribution in [0.1, 0.15) is 25.3 Å². The molecule has 1 unspecified atom stereocenters. The number of benzene rings is 1. The molecular formula is C13H19NOS. The van der Waals surface area contributed by atoms with Crippen LogP contribution in [-0.2, 0) is 11.2 Å². The molecular weight excluding hydrogens is 218 g/mol. The molecule has 0 spiro atoms. The van der Waals surface area contributed by atoms with E-state index in [0.29, 0.717) is 11.6 Å². The molecule has 0 saturated heterocycles. The van der Waals surface area contributed by atoms with Gasteiger partial charge < -0.3 is 10.5 Å². The van der Waals surface area contributed by atoms with Crippen LogP contribution in [0.5, 0.6) is 0 Å². The van der Waals surface area contributed by atoms with Crippen molar-refractivity contribution in [3.05, 3.63) is 35.9 Å². The molecule has 1 aromatic carbocycles. The van der Waals surface area contributed by atoms with Crippen LogP contribution in [0.3, 0.4) is 0 Å². The standard InChI is InChI=1S/C13H19NOS/c1-2-12(13(14)16)15-10-6-9-11-7-4-3-5-8-11/h3-5,7-8,12H,2,6,9-10H2,1H3,(H2,14,16). The Kier molecular flexibility index (Phi) is 6.04. The van der Waals surface area contributed by atoms with E-state index in [-0.39, 0.29) is 6.10 Å². The molecule has 0 aliphatic heterocycles. The molecule has 0 amide bonds. The Hall–Kier alpha value is -0.930. The fraction of sp³-hybridized carbons (Fsp3) is 0.462. The molecule has 0 saturated carbocycles. The molecule has 0 aliphatic carbocycles. The molecule has 1 aromatic rings. The van der Waals surface area contributed by atoms with Crippen molar-refractivity contribution in [2.75, 3.05) is 6.61 Å². The zero-order valence-electron chi connectivity index (χ0n) is 9.69. The van der Waals surface area contributed by atoms with E-state index in [4.69, 9.17) is 22.7 Å². The first-order valence-electron chi connectivity index (χ1n) is 5.69. The van der Waals surface area contributed by atoms with E-state index in [2.05, 4.69) is 24.3 Å². The molecule has 0 fully saturated rings. The smallest absolute Gasteiger partial charge is 0.107 e. The number of thiocarbonyl (C=S) groups is 1. The molecule has 2 nitrogen and oxygen atoms in total. The van der Waals surface area contributed by atoms with Gasteiger partial charge >= 0.3 is 0 Å². The summed E-state index contributed by atoms with van der Waals surface area (Å²) >= 11 is 4.91. The van der Waals surface area contributed by atoms with E-state index in [0.717, 1.165) is 19.3 Å². The largest absolute Gasteiger partial charge is 0.391 e. The summed E-state index contributed by atoms with van der Waals surface area (Å²) in [5.41, 5.74) is 6.89. The highest BCUT2D eigenvalue weighted by Gasteiger charge is 2.08. The van der Waals surface area contributed by atoms with Gasteiger partial charge in [0.05, 0.1) is 0 Å². The maximum atomic E-state index is 5.61. The maximum absolute atomic E-state index is 5.61. The molecule has 16 heavy (non-hydrogen) atoms. The Morgan fingerprint density at radius 3 is 2.62 bits per heavy atom. The van der Waals surface area contributed by atoms with Crippen molar-refractivity contribution < 1.29 is 4.74 Å². The third kappa shape index (κ3) is 4.73. The lowest BCUT2D eigenvalue weighted by atomic mass is 10.1. The second kappa shape index (κ2) is 7.36. The highest BCUT2D eigenvalue weighted by molar-refractivity contribution is 7.80. The van der Waals surface area contributed by atoms with Crippen LogP contribution in [0.25, 0.3) is 0 Å². The summed E-state index contributed by atoms with van der Waals surface area (Å²) < 4.78 is 5.61. The van der Waals surface area contributed by atoms with Crippen LogP contribution in [0.2, 0.25) is 0 Å². The fourth-order valence-corrected chi connectivity index (χ4v) is 1.78. The minimum absolute atomic E-state index is 0.0641. The van der Waals surface area contributed by atoms with Crippen molar-refractivity contribution in [2.24, 2.45) is 5.73 Å². The van der Waals surface area contributed by atoms with Gasteiger partial charge in [-0.1, -0.05) is 49.5 Å². The van der Waals surface area contributed by atoms with Crippen molar-refractivity contribution in [1.82, 2.24) is 0 Å². The van der Waals surface area contributed by atoms with Gasteiger partial charge in [0.2, 0.25) is 0 Å². The van der Waals surface area contributed by atoms with Gasteiger partial charge in [-0.25, -0.2) is 0 Å². The van der Waals surface area contributed by atoms with Gasteiger partial charge in [-0.15, -0.1) is 0 Å². The second-order valence-electron chi connectivity index (χ2n) is 3.76. The summed E-state index contributed by atoms with van der Waals surface area (Å²) in [5, 5.41) is 0. The number of ether oxygens (including phenoxy) is 1. The monoisotopic (exact) mass is 237 g/mol. The van der Waals surface area contributed by atoms with Crippen LogP contribution < -0.4 is 5.73 Å². The summed E-state index contributed by atoms with van der Waals surface area (Å²) in [6.07, 6.45) is 2.82. The van der Waals surface area contributed by atoms with Crippen molar-refractivity contribution in [3.63, 3.8) is 0 Å². The van der Waals surface area contributed by atoms with E-state index in [1.807, 2.05) is 13.0 Å². The molecule has 0 radical (unpaired) electrons. The minimum Gasteiger partial charge on any atom is -0.391 e. The first-order valence-corrected chi connectivity index (χ1v) is 6.09. The Labute approximate surface area is 103 Å². The lowest BCUT2D eigenvalue weighted by Gasteiger charge is -2.14. The summed E-state index contributed by atoms with van der Waals surface area (Å²) in [4.78, 5) is 0.460. The predicted octanol–water partition coefficient (Wildman–Crippen LogP) is 2.70. The van der Waals surface area contributed by atoms with Gasteiger partial charge in [-0.2, -0.15) is 0 Å². The van der Waals surface area contributed by atoms with Crippen molar-refractivity contribution in [2.45, 2.75) is 32.3 Å². The van der Waals surface area contributed by atoms with Crippen LogP contribution in [0.4, 0.5) is 0 Å². The third-order valence-corrected chi connectivity index (χ3v) is 2.72. The van der Waals surface area contributed by atoms with E-state index in [1.165, 1.54) is 5.56 Å². The Balaban J connectivity index is 2.19. The summed E-state index contributed by atoms with van der Waals surface area (Å²) in [6, 6.07) is 10.4. The molecule has 0 aliphatic rings. The SMILES string of the molecule is CCC(OCCCc1ccccc1)C(N)=S. The zero-order chi connectivity index (χ0) is 11.8. The molecule has 0 aromatic heterocycles. The Morgan fingerprint density at radius 1 is 1.38 bits per heavy atom. The Bertz CT molecular complexity index is 313. The van der Waals surface area contributed by atoms with Crippen LogP contribution in [0.15, 0.2) is 30.3 Å². The lowest BCUT2D eigenvalue weighted by Crippen LogP contribution is -2.29. The van der Waals surface area contributed by atoms with Gasteiger partial charge in [0.15, 0.2) is 0 Å². The highest BCUT2D eigenvalue weighted by atomic mass is 32.1. The van der Waals surface area contributed by atoms with E-state index in [9.17, 15) is 0 Å². The number of aryl methyl sites for hydroxylation is 1. The van der Waals surface area contributed by atoms with Crippen molar-refractivity contribution in [1.29, 1.82) is 0 Å². The lowest BCUT2D eigenvalue weighted by molar-refractivity contribution is 0.0943. The van der Waals surface area contributed by atoms with Crippen LogP contribution in [0, 0.1) is 0 Å². The van der Waals surface area contributed by atoms with Gasteiger partial charge in [0, 0.05) is 6.61 Å². The summed E-state index contributed by atoms with van der Waals surface area (Å²) in [7, 11) is 0. The first-order chi connectivity index (χ1) is 7.74. The first kappa shape index (κ1) is 13.1. The molecule has 88 valence electrons. The average molecular weight is 237 g/mol. The van der Waals surface area contributed by atoms with Crippen LogP contribution in [-0.4, -0.2) is 17.7 Å². The topological polar surface area (TPSA) is 35.2 Å². The summed E-state index contributed by atoms with van der Waals surface area (Å²) in [5.74, 6) is 0. The van der Waals surface area contributed by atoms with E-state index < -0.39 is 0 Å². The second-order valence-corrected chi connectivity index (χ2v) is 4.23. The van der Waals surface area contributed by atoms with Crippen LogP contribution >= 0.6 is 12.2 Å². The molecule has 2 N–H and O–H groups in total. The normalized spacial score (nSPS) is 12.3. The van der Waals surface area contributed by atoms with E-state index in [1.54, 1.807) is 0 Å². The fourth-order valence-electron chi connectivity index (χ4n) is 1.55. The number of hydrogen-bond donors (Lipinski definition) is 1. The highest BCUT2D eigenvalue weighted by Crippen LogP contribution is 2.04. The molecule has 3 heteroatoms. The maximum Gasteiger partial charge on any atom is 0.107 e.